The van der Waals surface area contributed by atoms with Gasteiger partial charge in [-0.15, -0.1) is 0 Å². The van der Waals surface area contributed by atoms with E-state index >= 15 is 0 Å². The van der Waals surface area contributed by atoms with Crippen molar-refractivity contribution in [2.45, 2.75) is 6.42 Å². The van der Waals surface area contributed by atoms with Gasteiger partial charge in [0.2, 0.25) is 0 Å². The third-order valence-corrected chi connectivity index (χ3v) is 1.05. The number of hydrogen-bond donors (Lipinski definition) is 0. The van der Waals surface area contributed by atoms with Crippen molar-refractivity contribution in [1.29, 1.82) is 0 Å². The number of hydrogen-bond acceptors (Lipinski definition) is 3. The van der Waals surface area contributed by atoms with E-state index in [9.17, 15) is 4.79 Å². The summed E-state index contributed by atoms with van der Waals surface area (Å²) in [5.74, 6) is -0.280. The highest BCUT2D eigenvalue weighted by Gasteiger charge is 1.96. The van der Waals surface area contributed by atoms with E-state index in [0.29, 0.717) is 13.0 Å². The highest BCUT2D eigenvalue weighted by atomic mass is 31.0. The van der Waals surface area contributed by atoms with Crippen LogP contribution in [0.3, 0.4) is 0 Å². The van der Waals surface area contributed by atoms with Gasteiger partial charge in [0.1, 0.15) is 0 Å². The van der Waals surface area contributed by atoms with Crippen molar-refractivity contribution in [1.82, 2.24) is 0 Å². The zero-order chi connectivity index (χ0) is 6.41. The minimum atomic E-state index is -0.280. The summed E-state index contributed by atoms with van der Waals surface area (Å²) >= 11 is 0. The van der Waals surface area contributed by atoms with Crippen LogP contribution in [0, 0.1) is 0 Å². The Kier molecular flexibility index (Phi) is 5.62. The Morgan fingerprint density at radius 3 is 2.50 bits per heavy atom. The number of rotatable bonds is 3. The van der Waals surface area contributed by atoms with Crippen molar-refractivity contribution >= 4 is 24.9 Å². The van der Waals surface area contributed by atoms with Gasteiger partial charge in [0, 0.05) is 9.47 Å². The summed E-state index contributed by atoms with van der Waals surface area (Å²) < 4.78 is 8.76. The van der Waals surface area contributed by atoms with Gasteiger partial charge in [-0.25, -0.2) is 0 Å². The van der Waals surface area contributed by atoms with Crippen LogP contribution in [0.5, 0.6) is 0 Å². The molecule has 0 bridgehead atoms. The first-order valence-corrected chi connectivity index (χ1v) is 2.96. The van der Waals surface area contributed by atoms with Crippen LogP contribution in [0.15, 0.2) is 0 Å². The molecule has 0 heterocycles. The van der Waals surface area contributed by atoms with Gasteiger partial charge >= 0.3 is 5.97 Å². The summed E-state index contributed by atoms with van der Waals surface area (Å²) in [5, 5.41) is 0. The summed E-state index contributed by atoms with van der Waals surface area (Å²) in [6, 6.07) is 0. The Morgan fingerprint density at radius 1 is 1.50 bits per heavy atom. The van der Waals surface area contributed by atoms with Crippen molar-refractivity contribution in [3.63, 3.8) is 0 Å². The zero-order valence-electron chi connectivity index (χ0n) is 4.29. The SMILES string of the molecule is O=C(CCOP)OP. The maximum atomic E-state index is 10.2. The molecule has 0 aliphatic carbocycles. The molecular formula is C3H8O3P2. The molecule has 2 atom stereocenters. The van der Waals surface area contributed by atoms with Crippen LogP contribution >= 0.6 is 18.9 Å². The van der Waals surface area contributed by atoms with Crippen LogP contribution in [0.2, 0.25) is 0 Å². The van der Waals surface area contributed by atoms with E-state index in [-0.39, 0.29) is 5.97 Å². The molecular weight excluding hydrogens is 146 g/mol. The van der Waals surface area contributed by atoms with Gasteiger partial charge in [0.25, 0.3) is 0 Å². The van der Waals surface area contributed by atoms with Crippen LogP contribution in [0.1, 0.15) is 6.42 Å². The Labute approximate surface area is 52.7 Å². The summed E-state index contributed by atoms with van der Waals surface area (Å²) in [6.07, 6.45) is 0.299. The molecule has 0 radical (unpaired) electrons. The summed E-state index contributed by atoms with van der Waals surface area (Å²) in [6.45, 7) is 0.387. The standard InChI is InChI=1S/C3H8O3P2/c4-3(6-8)1-2-5-7/h1-2,7-8H2. The zero-order valence-corrected chi connectivity index (χ0v) is 6.60. The smallest absolute Gasteiger partial charge is 0.310 e. The second kappa shape index (κ2) is 5.43. The van der Waals surface area contributed by atoms with Gasteiger partial charge in [0.05, 0.1) is 22.5 Å². The molecule has 0 amide bonds. The molecule has 3 nitrogen and oxygen atoms in total. The van der Waals surface area contributed by atoms with Crippen molar-refractivity contribution < 1.29 is 13.8 Å². The van der Waals surface area contributed by atoms with Crippen molar-refractivity contribution in [3.8, 4) is 0 Å². The van der Waals surface area contributed by atoms with E-state index < -0.39 is 0 Å². The predicted octanol–water partition coefficient (Wildman–Crippen LogP) is 0.516. The van der Waals surface area contributed by atoms with Crippen LogP contribution in [0.25, 0.3) is 0 Å². The van der Waals surface area contributed by atoms with E-state index in [1.807, 2.05) is 9.47 Å². The summed E-state index contributed by atoms with van der Waals surface area (Å²) in [7, 11) is 3.93. The summed E-state index contributed by atoms with van der Waals surface area (Å²) in [4.78, 5) is 10.2. The van der Waals surface area contributed by atoms with E-state index in [1.54, 1.807) is 0 Å². The molecule has 0 aliphatic heterocycles. The molecule has 0 N–H and O–H groups in total. The molecule has 0 fully saturated rings. The number of carbonyl (C=O) groups excluding carboxylic acids is 1. The van der Waals surface area contributed by atoms with Crippen molar-refractivity contribution in [2.24, 2.45) is 0 Å². The normalized spacial score (nSPS) is 8.75. The van der Waals surface area contributed by atoms with Crippen LogP contribution in [-0.2, 0) is 13.8 Å². The van der Waals surface area contributed by atoms with E-state index in [0.717, 1.165) is 0 Å². The maximum Gasteiger partial charge on any atom is 0.310 e. The molecule has 0 saturated carbocycles. The Balaban J connectivity index is 2.99. The topological polar surface area (TPSA) is 35.5 Å². The molecule has 0 aromatic heterocycles. The van der Waals surface area contributed by atoms with Gasteiger partial charge in [-0.1, -0.05) is 0 Å². The predicted molar refractivity (Wildman–Crippen MR) is 36.1 cm³/mol. The third-order valence-electron chi connectivity index (χ3n) is 0.555. The first-order chi connectivity index (χ1) is 3.81. The fourth-order valence-electron chi connectivity index (χ4n) is 0.201. The molecule has 5 heteroatoms. The van der Waals surface area contributed by atoms with Gasteiger partial charge in [0.15, 0.2) is 0 Å². The molecule has 0 aliphatic rings. The van der Waals surface area contributed by atoms with Gasteiger partial charge in [-0.3, -0.25) is 4.79 Å². The highest BCUT2D eigenvalue weighted by Crippen LogP contribution is 1.94. The fourth-order valence-corrected chi connectivity index (χ4v) is 0.437. The van der Waals surface area contributed by atoms with Crippen molar-refractivity contribution in [3.05, 3.63) is 0 Å². The lowest BCUT2D eigenvalue weighted by atomic mass is 10.5. The van der Waals surface area contributed by atoms with Gasteiger partial charge in [-0.05, 0) is 0 Å². The van der Waals surface area contributed by atoms with E-state index in [4.69, 9.17) is 0 Å². The second-order valence-corrected chi connectivity index (χ2v) is 1.68. The number of carbonyl (C=O) groups is 1. The lowest BCUT2D eigenvalue weighted by molar-refractivity contribution is -0.133. The minimum absolute atomic E-state index is 0.280. The van der Waals surface area contributed by atoms with Gasteiger partial charge in [-0.2, -0.15) is 0 Å². The fraction of sp³-hybridized carbons (Fsp3) is 0.667. The molecule has 0 saturated heterocycles. The first kappa shape index (κ1) is 8.29. The lowest BCUT2D eigenvalue weighted by Gasteiger charge is -1.94. The Morgan fingerprint density at radius 2 is 2.12 bits per heavy atom. The molecule has 0 rings (SSSR count). The third kappa shape index (κ3) is 4.45. The summed E-state index contributed by atoms with van der Waals surface area (Å²) in [5.41, 5.74) is 0. The van der Waals surface area contributed by atoms with Crippen LogP contribution < -0.4 is 0 Å². The molecule has 0 aromatic carbocycles. The lowest BCUT2D eigenvalue weighted by Crippen LogP contribution is -1.98. The monoisotopic (exact) mass is 154 g/mol. The maximum absolute atomic E-state index is 10.2. The molecule has 48 valence electrons. The molecule has 8 heavy (non-hydrogen) atoms. The molecule has 0 aromatic rings. The Bertz CT molecular complexity index is 74.9. The molecule has 2 unspecified atom stereocenters. The Hall–Kier alpha value is 0.290. The first-order valence-electron chi connectivity index (χ1n) is 2.02. The average Bonchev–Trinajstić information content (AvgIpc) is 1.83. The van der Waals surface area contributed by atoms with Crippen molar-refractivity contribution in [2.75, 3.05) is 6.61 Å². The minimum Gasteiger partial charge on any atom is -0.451 e. The van der Waals surface area contributed by atoms with E-state index in [2.05, 4.69) is 18.5 Å². The molecule has 0 spiro atoms. The quantitative estimate of drug-likeness (QED) is 0.555. The van der Waals surface area contributed by atoms with Gasteiger partial charge < -0.3 is 9.05 Å². The largest absolute Gasteiger partial charge is 0.451 e. The average molecular weight is 154 g/mol. The highest BCUT2D eigenvalue weighted by molar-refractivity contribution is 7.10. The van der Waals surface area contributed by atoms with Crippen LogP contribution in [0.4, 0.5) is 0 Å². The second-order valence-electron chi connectivity index (χ2n) is 1.11. The van der Waals surface area contributed by atoms with Crippen LogP contribution in [-0.4, -0.2) is 12.6 Å². The van der Waals surface area contributed by atoms with E-state index in [1.165, 1.54) is 0 Å².